The molecule has 0 spiro atoms. The zero-order valence-corrected chi connectivity index (χ0v) is 15.5. The Labute approximate surface area is 155 Å². The first-order valence-corrected chi connectivity index (χ1v) is 8.62. The first-order valence-electron chi connectivity index (χ1n) is 7.83. The minimum absolute atomic E-state index is 0.315. The zero-order chi connectivity index (χ0) is 18.0. The summed E-state index contributed by atoms with van der Waals surface area (Å²) < 4.78 is 16.2. The molecule has 3 rings (SSSR count). The van der Waals surface area contributed by atoms with Crippen molar-refractivity contribution in [3.63, 3.8) is 0 Å². The number of para-hydroxylation sites is 1. The molecule has 0 aliphatic heterocycles. The van der Waals surface area contributed by atoms with E-state index in [1.807, 2.05) is 50.3 Å². The summed E-state index contributed by atoms with van der Waals surface area (Å²) in [5.74, 6) is -0.315. The van der Waals surface area contributed by atoms with E-state index in [1.165, 1.54) is 12.1 Å². The van der Waals surface area contributed by atoms with E-state index in [4.69, 9.17) is 0 Å². The molecule has 2 nitrogen and oxygen atoms in total. The Morgan fingerprint density at radius 3 is 2.28 bits per heavy atom. The van der Waals surface area contributed by atoms with Gasteiger partial charge in [-0.15, -0.1) is 0 Å². The van der Waals surface area contributed by atoms with Crippen molar-refractivity contribution in [1.29, 1.82) is 5.26 Å². The van der Waals surface area contributed by atoms with E-state index >= 15 is 0 Å². The SMILES string of the molecule is Cc1c(Br)c(C=C(C#N)c2ccc(F)cc2)c(C)n1-c1ccccc1. The number of aromatic nitrogens is 1. The first kappa shape index (κ1) is 17.2. The van der Waals surface area contributed by atoms with Gasteiger partial charge in [0.05, 0.1) is 11.6 Å². The summed E-state index contributed by atoms with van der Waals surface area (Å²) in [6.07, 6.45) is 1.85. The number of hydrogen-bond donors (Lipinski definition) is 0. The second-order valence-corrected chi connectivity index (χ2v) is 6.54. The van der Waals surface area contributed by atoms with Gasteiger partial charge in [0, 0.05) is 27.1 Å². The number of hydrogen-bond acceptors (Lipinski definition) is 1. The highest BCUT2D eigenvalue weighted by molar-refractivity contribution is 9.10. The quantitative estimate of drug-likeness (QED) is 0.496. The third kappa shape index (κ3) is 3.29. The average molecular weight is 395 g/mol. The van der Waals surface area contributed by atoms with Gasteiger partial charge in [-0.3, -0.25) is 0 Å². The summed E-state index contributed by atoms with van der Waals surface area (Å²) in [6, 6.07) is 18.3. The molecule has 0 N–H and O–H groups in total. The van der Waals surface area contributed by atoms with E-state index in [1.54, 1.807) is 12.1 Å². The van der Waals surface area contributed by atoms with Gasteiger partial charge in [0.1, 0.15) is 5.82 Å². The van der Waals surface area contributed by atoms with Crippen LogP contribution in [0.1, 0.15) is 22.5 Å². The summed E-state index contributed by atoms with van der Waals surface area (Å²) in [4.78, 5) is 0. The minimum Gasteiger partial charge on any atom is -0.317 e. The highest BCUT2D eigenvalue weighted by atomic mass is 79.9. The van der Waals surface area contributed by atoms with Crippen LogP contribution in [-0.4, -0.2) is 4.57 Å². The van der Waals surface area contributed by atoms with Gasteiger partial charge in [-0.2, -0.15) is 5.26 Å². The van der Waals surface area contributed by atoms with Crippen LogP contribution in [0, 0.1) is 31.0 Å². The number of rotatable bonds is 3. The van der Waals surface area contributed by atoms with Crippen molar-refractivity contribution >= 4 is 27.6 Å². The third-order valence-corrected chi connectivity index (χ3v) is 5.19. The van der Waals surface area contributed by atoms with E-state index in [0.717, 1.165) is 27.1 Å². The molecule has 0 radical (unpaired) electrons. The van der Waals surface area contributed by atoms with Crippen molar-refractivity contribution in [1.82, 2.24) is 4.57 Å². The molecular formula is C21H16BrFN2. The fraction of sp³-hybridized carbons (Fsp3) is 0.0952. The monoisotopic (exact) mass is 394 g/mol. The Hall–Kier alpha value is -2.64. The molecule has 124 valence electrons. The van der Waals surface area contributed by atoms with E-state index < -0.39 is 0 Å². The second-order valence-electron chi connectivity index (χ2n) is 5.75. The third-order valence-electron chi connectivity index (χ3n) is 4.19. The van der Waals surface area contributed by atoms with Crippen LogP contribution in [0.2, 0.25) is 0 Å². The standard InChI is InChI=1S/C21H16BrFN2/c1-14-20(12-17(13-24)16-8-10-18(23)11-9-16)21(22)15(2)25(14)19-6-4-3-5-7-19/h3-12H,1-2H3. The van der Waals surface area contributed by atoms with E-state index in [9.17, 15) is 9.65 Å². The molecule has 1 heterocycles. The lowest BCUT2D eigenvalue weighted by atomic mass is 10.0. The van der Waals surface area contributed by atoms with Crippen molar-refractivity contribution in [3.8, 4) is 11.8 Å². The van der Waals surface area contributed by atoms with Crippen LogP contribution < -0.4 is 0 Å². The molecule has 4 heteroatoms. The lowest BCUT2D eigenvalue weighted by molar-refractivity contribution is 0.627. The molecule has 0 bridgehead atoms. The maximum absolute atomic E-state index is 13.1. The van der Waals surface area contributed by atoms with Gasteiger partial charge in [0.15, 0.2) is 0 Å². The van der Waals surface area contributed by atoms with Gasteiger partial charge in [-0.25, -0.2) is 4.39 Å². The van der Waals surface area contributed by atoms with Crippen molar-refractivity contribution in [2.75, 3.05) is 0 Å². The highest BCUT2D eigenvalue weighted by Gasteiger charge is 2.16. The number of allylic oxidation sites excluding steroid dienone is 1. The Kier molecular flexibility index (Phi) is 4.87. The second kappa shape index (κ2) is 7.08. The van der Waals surface area contributed by atoms with Gasteiger partial charge >= 0.3 is 0 Å². The van der Waals surface area contributed by atoms with Crippen LogP contribution in [-0.2, 0) is 0 Å². The number of nitriles is 1. The van der Waals surface area contributed by atoms with Gasteiger partial charge in [-0.1, -0.05) is 30.3 Å². The molecule has 25 heavy (non-hydrogen) atoms. The molecule has 0 aliphatic rings. The van der Waals surface area contributed by atoms with E-state index in [2.05, 4.69) is 26.6 Å². The predicted molar refractivity (Wildman–Crippen MR) is 103 cm³/mol. The molecule has 1 aromatic heterocycles. The van der Waals surface area contributed by atoms with Crippen LogP contribution >= 0.6 is 15.9 Å². The fourth-order valence-corrected chi connectivity index (χ4v) is 3.49. The predicted octanol–water partition coefficient (Wildman–Crippen LogP) is 6.06. The summed E-state index contributed by atoms with van der Waals surface area (Å²) >= 11 is 3.66. The summed E-state index contributed by atoms with van der Waals surface area (Å²) in [5, 5.41) is 9.55. The van der Waals surface area contributed by atoms with E-state index in [0.29, 0.717) is 11.1 Å². The maximum atomic E-state index is 13.1. The molecule has 3 aromatic rings. The largest absolute Gasteiger partial charge is 0.317 e. The minimum atomic E-state index is -0.315. The van der Waals surface area contributed by atoms with Crippen LogP contribution in [0.5, 0.6) is 0 Å². The smallest absolute Gasteiger partial charge is 0.123 e. The van der Waals surface area contributed by atoms with Gasteiger partial charge in [0.2, 0.25) is 0 Å². The van der Waals surface area contributed by atoms with Crippen LogP contribution in [0.3, 0.4) is 0 Å². The lowest BCUT2D eigenvalue weighted by Gasteiger charge is -2.09. The van der Waals surface area contributed by atoms with Gasteiger partial charge in [0.25, 0.3) is 0 Å². The average Bonchev–Trinajstić information content (AvgIpc) is 2.84. The van der Waals surface area contributed by atoms with Gasteiger partial charge < -0.3 is 4.57 Å². The summed E-state index contributed by atoms with van der Waals surface area (Å²) in [5.41, 5.74) is 5.30. The van der Waals surface area contributed by atoms with Crippen molar-refractivity contribution in [3.05, 3.63) is 87.4 Å². The van der Waals surface area contributed by atoms with Crippen molar-refractivity contribution in [2.45, 2.75) is 13.8 Å². The molecule has 0 aliphatic carbocycles. The van der Waals surface area contributed by atoms with Gasteiger partial charge in [-0.05, 0) is 65.7 Å². The number of benzene rings is 2. The van der Waals surface area contributed by atoms with Crippen molar-refractivity contribution < 1.29 is 4.39 Å². The first-order chi connectivity index (χ1) is 12.0. The fourth-order valence-electron chi connectivity index (χ4n) is 2.91. The Morgan fingerprint density at radius 1 is 1.04 bits per heavy atom. The Morgan fingerprint density at radius 2 is 1.68 bits per heavy atom. The normalized spacial score (nSPS) is 11.4. The van der Waals surface area contributed by atoms with Crippen LogP contribution in [0.4, 0.5) is 4.39 Å². The van der Waals surface area contributed by atoms with Crippen molar-refractivity contribution in [2.24, 2.45) is 0 Å². The number of nitrogens with zero attached hydrogens (tertiary/aromatic N) is 2. The molecule has 0 saturated carbocycles. The number of halogens is 2. The van der Waals surface area contributed by atoms with Crippen LogP contribution in [0.25, 0.3) is 17.3 Å². The molecule has 0 fully saturated rings. The topological polar surface area (TPSA) is 28.7 Å². The Bertz CT molecular complexity index is 977. The molecule has 0 amide bonds. The molecule has 0 saturated heterocycles. The molecule has 0 unspecified atom stereocenters. The van der Waals surface area contributed by atoms with Crippen LogP contribution in [0.15, 0.2) is 59.1 Å². The highest BCUT2D eigenvalue weighted by Crippen LogP contribution is 2.33. The Balaban J connectivity index is 2.15. The lowest BCUT2D eigenvalue weighted by Crippen LogP contribution is -1.98. The molecule has 0 atom stereocenters. The summed E-state index contributed by atoms with van der Waals surface area (Å²) in [7, 11) is 0. The maximum Gasteiger partial charge on any atom is 0.123 e. The van der Waals surface area contributed by atoms with E-state index in [-0.39, 0.29) is 5.82 Å². The summed E-state index contributed by atoms with van der Waals surface area (Å²) in [6.45, 7) is 4.06. The molecule has 2 aromatic carbocycles. The zero-order valence-electron chi connectivity index (χ0n) is 13.9. The molecular weight excluding hydrogens is 379 g/mol.